The summed E-state index contributed by atoms with van der Waals surface area (Å²) in [6.45, 7) is 1.90. The standard InChI is InChI=1S/C8H12ClN3O2S/c1-8(2-3-15(13,14)5-8)12-6-10-11-7(12)4-9/h6H,2-5H2,1H3. The maximum Gasteiger partial charge on any atom is 0.152 e. The maximum atomic E-state index is 11.5. The van der Waals surface area contributed by atoms with Crippen LogP contribution in [0.3, 0.4) is 0 Å². The van der Waals surface area contributed by atoms with Gasteiger partial charge in [-0.2, -0.15) is 0 Å². The van der Waals surface area contributed by atoms with Gasteiger partial charge in [-0.3, -0.25) is 0 Å². The van der Waals surface area contributed by atoms with E-state index in [0.29, 0.717) is 12.2 Å². The molecule has 0 aliphatic carbocycles. The third-order valence-electron chi connectivity index (χ3n) is 2.80. The lowest BCUT2D eigenvalue weighted by Crippen LogP contribution is -2.32. The zero-order valence-electron chi connectivity index (χ0n) is 8.35. The smallest absolute Gasteiger partial charge is 0.152 e. The number of hydrogen-bond donors (Lipinski definition) is 0. The van der Waals surface area contributed by atoms with Crippen molar-refractivity contribution < 1.29 is 8.42 Å². The van der Waals surface area contributed by atoms with E-state index < -0.39 is 15.4 Å². The van der Waals surface area contributed by atoms with Crippen molar-refractivity contribution in [2.24, 2.45) is 0 Å². The van der Waals surface area contributed by atoms with Crippen molar-refractivity contribution in [3.05, 3.63) is 12.2 Å². The quantitative estimate of drug-likeness (QED) is 0.718. The molecule has 1 aliphatic rings. The number of halogens is 1. The van der Waals surface area contributed by atoms with Gasteiger partial charge >= 0.3 is 0 Å². The molecule has 0 bridgehead atoms. The highest BCUT2D eigenvalue weighted by Gasteiger charge is 2.40. The fourth-order valence-corrected chi connectivity index (χ4v) is 4.29. The van der Waals surface area contributed by atoms with E-state index in [0.717, 1.165) is 0 Å². The van der Waals surface area contributed by atoms with Crippen LogP contribution >= 0.6 is 11.6 Å². The van der Waals surface area contributed by atoms with E-state index in [9.17, 15) is 8.42 Å². The van der Waals surface area contributed by atoms with Gasteiger partial charge in [0, 0.05) is 0 Å². The molecule has 0 aromatic carbocycles. The summed E-state index contributed by atoms with van der Waals surface area (Å²) in [5, 5.41) is 7.62. The molecule has 0 amide bonds. The fourth-order valence-electron chi connectivity index (χ4n) is 1.98. The molecule has 1 atom stereocenters. The zero-order valence-corrected chi connectivity index (χ0v) is 9.92. The number of hydrogen-bond acceptors (Lipinski definition) is 4. The lowest BCUT2D eigenvalue weighted by Gasteiger charge is -2.24. The molecule has 5 nitrogen and oxygen atoms in total. The Kier molecular flexibility index (Phi) is 2.50. The highest BCUT2D eigenvalue weighted by atomic mass is 35.5. The summed E-state index contributed by atoms with van der Waals surface area (Å²) in [5.41, 5.74) is -0.438. The van der Waals surface area contributed by atoms with Gasteiger partial charge in [0.05, 0.1) is 22.9 Å². The summed E-state index contributed by atoms with van der Waals surface area (Å²) in [6, 6.07) is 0. The minimum atomic E-state index is -2.92. The van der Waals surface area contributed by atoms with Gasteiger partial charge in [0.25, 0.3) is 0 Å². The summed E-state index contributed by atoms with van der Waals surface area (Å²) in [6.07, 6.45) is 2.15. The van der Waals surface area contributed by atoms with Crippen LogP contribution in [0.15, 0.2) is 6.33 Å². The van der Waals surface area contributed by atoms with Crippen molar-refractivity contribution >= 4 is 21.4 Å². The first-order valence-corrected chi connectivity index (χ1v) is 6.98. The van der Waals surface area contributed by atoms with E-state index in [4.69, 9.17) is 11.6 Å². The van der Waals surface area contributed by atoms with Gasteiger partial charge in [0.15, 0.2) is 9.84 Å². The molecule has 2 rings (SSSR count). The minimum absolute atomic E-state index is 0.141. The number of rotatable bonds is 2. The molecule has 0 saturated carbocycles. The molecular formula is C8H12ClN3O2S. The van der Waals surface area contributed by atoms with Crippen LogP contribution < -0.4 is 0 Å². The summed E-state index contributed by atoms with van der Waals surface area (Å²) in [7, 11) is -2.92. The fraction of sp³-hybridized carbons (Fsp3) is 0.750. The zero-order chi connectivity index (χ0) is 11.1. The molecule has 1 fully saturated rings. The molecule has 84 valence electrons. The predicted octanol–water partition coefficient (Wildman–Crippen LogP) is 0.551. The van der Waals surface area contributed by atoms with Crippen LogP contribution in [0, 0.1) is 0 Å². The Balaban J connectivity index is 2.39. The van der Waals surface area contributed by atoms with Crippen LogP contribution in [-0.2, 0) is 21.3 Å². The molecule has 15 heavy (non-hydrogen) atoms. The highest BCUT2D eigenvalue weighted by Crippen LogP contribution is 2.31. The summed E-state index contributed by atoms with van der Waals surface area (Å²) in [4.78, 5) is 0. The Labute approximate surface area is 93.4 Å². The van der Waals surface area contributed by atoms with Crippen LogP contribution in [0.5, 0.6) is 0 Å². The van der Waals surface area contributed by atoms with Gasteiger partial charge in [-0.05, 0) is 13.3 Å². The van der Waals surface area contributed by atoms with E-state index >= 15 is 0 Å². The number of aromatic nitrogens is 3. The Morgan fingerprint density at radius 3 is 2.93 bits per heavy atom. The molecule has 1 unspecified atom stereocenters. The largest absolute Gasteiger partial charge is 0.310 e. The number of nitrogens with zero attached hydrogens (tertiary/aromatic N) is 3. The molecule has 1 aromatic rings. The molecule has 7 heteroatoms. The van der Waals surface area contributed by atoms with Crippen LogP contribution in [-0.4, -0.2) is 34.7 Å². The summed E-state index contributed by atoms with van der Waals surface area (Å²) in [5.74, 6) is 1.23. The number of alkyl halides is 1. The molecule has 0 spiro atoms. The second kappa shape index (κ2) is 3.45. The Bertz CT molecular complexity index is 470. The molecule has 1 aromatic heterocycles. The highest BCUT2D eigenvalue weighted by molar-refractivity contribution is 7.91. The van der Waals surface area contributed by atoms with E-state index in [-0.39, 0.29) is 17.4 Å². The minimum Gasteiger partial charge on any atom is -0.310 e. The molecular weight excluding hydrogens is 238 g/mol. The van der Waals surface area contributed by atoms with Crippen LogP contribution in [0.25, 0.3) is 0 Å². The lowest BCUT2D eigenvalue weighted by molar-refractivity contribution is 0.356. The predicted molar refractivity (Wildman–Crippen MR) is 56.5 cm³/mol. The normalized spacial score (nSPS) is 29.5. The Morgan fingerprint density at radius 1 is 1.67 bits per heavy atom. The Hall–Kier alpha value is -0.620. The molecule has 0 radical (unpaired) electrons. The van der Waals surface area contributed by atoms with E-state index in [1.165, 1.54) is 0 Å². The first kappa shape index (κ1) is 10.9. The first-order valence-electron chi connectivity index (χ1n) is 4.63. The topological polar surface area (TPSA) is 64.8 Å². The van der Waals surface area contributed by atoms with E-state index in [1.54, 1.807) is 10.9 Å². The molecule has 2 heterocycles. The third-order valence-corrected chi connectivity index (χ3v) is 4.93. The summed E-state index contributed by atoms with van der Waals surface area (Å²) < 4.78 is 24.7. The number of sulfone groups is 1. The SMILES string of the molecule is CC1(n2cnnc2CCl)CCS(=O)(=O)C1. The third kappa shape index (κ3) is 1.88. The van der Waals surface area contributed by atoms with Crippen molar-refractivity contribution in [1.29, 1.82) is 0 Å². The van der Waals surface area contributed by atoms with Gasteiger partial charge in [-0.1, -0.05) is 0 Å². The van der Waals surface area contributed by atoms with Crippen molar-refractivity contribution in [3.63, 3.8) is 0 Å². The van der Waals surface area contributed by atoms with Crippen LogP contribution in [0.1, 0.15) is 19.2 Å². The Morgan fingerprint density at radius 2 is 2.40 bits per heavy atom. The van der Waals surface area contributed by atoms with E-state index in [1.807, 2.05) is 6.92 Å². The maximum absolute atomic E-state index is 11.5. The second-order valence-electron chi connectivity index (χ2n) is 4.09. The molecule has 1 aliphatic heterocycles. The van der Waals surface area contributed by atoms with Gasteiger partial charge in [0.2, 0.25) is 0 Å². The first-order chi connectivity index (χ1) is 6.97. The lowest BCUT2D eigenvalue weighted by atomic mass is 10.0. The van der Waals surface area contributed by atoms with Crippen LogP contribution in [0.2, 0.25) is 0 Å². The van der Waals surface area contributed by atoms with Crippen molar-refractivity contribution in [2.75, 3.05) is 11.5 Å². The van der Waals surface area contributed by atoms with Gasteiger partial charge in [0.1, 0.15) is 12.2 Å². The van der Waals surface area contributed by atoms with Crippen molar-refractivity contribution in [3.8, 4) is 0 Å². The monoisotopic (exact) mass is 249 g/mol. The summed E-state index contributed by atoms with van der Waals surface area (Å²) >= 11 is 5.71. The average Bonchev–Trinajstić information content (AvgIpc) is 2.71. The average molecular weight is 250 g/mol. The molecule has 0 N–H and O–H groups in total. The van der Waals surface area contributed by atoms with Crippen LogP contribution in [0.4, 0.5) is 0 Å². The van der Waals surface area contributed by atoms with Crippen molar-refractivity contribution in [2.45, 2.75) is 24.8 Å². The van der Waals surface area contributed by atoms with E-state index in [2.05, 4.69) is 10.2 Å². The second-order valence-corrected chi connectivity index (χ2v) is 6.54. The molecule has 1 saturated heterocycles. The van der Waals surface area contributed by atoms with Gasteiger partial charge in [-0.15, -0.1) is 21.8 Å². The van der Waals surface area contributed by atoms with Crippen molar-refractivity contribution in [1.82, 2.24) is 14.8 Å². The van der Waals surface area contributed by atoms with Gasteiger partial charge in [-0.25, -0.2) is 8.42 Å². The van der Waals surface area contributed by atoms with Gasteiger partial charge < -0.3 is 4.57 Å².